The Kier molecular flexibility index (Phi) is 4.52. The van der Waals surface area contributed by atoms with E-state index in [1.807, 2.05) is 72.4 Å². The number of hydrogen-bond donors (Lipinski definition) is 1. The molecular weight excluding hydrogens is 286 g/mol. The van der Waals surface area contributed by atoms with Crippen LogP contribution in [0.5, 0.6) is 0 Å². The summed E-state index contributed by atoms with van der Waals surface area (Å²) >= 11 is 0. The van der Waals surface area contributed by atoms with Crippen LogP contribution in [0, 0.1) is 6.92 Å². The van der Waals surface area contributed by atoms with Crippen LogP contribution in [0.4, 0.5) is 0 Å². The Bertz CT molecular complexity index is 759. The van der Waals surface area contributed by atoms with Gasteiger partial charge in [0, 0.05) is 24.5 Å². The fourth-order valence-electron chi connectivity index (χ4n) is 2.33. The molecule has 4 heteroatoms. The summed E-state index contributed by atoms with van der Waals surface area (Å²) in [6.07, 6.45) is 3.68. The molecule has 23 heavy (non-hydrogen) atoms. The lowest BCUT2D eigenvalue weighted by molar-refractivity contribution is 0.0951. The molecule has 0 atom stereocenters. The zero-order valence-corrected chi connectivity index (χ0v) is 13.1. The third-order valence-electron chi connectivity index (χ3n) is 3.69. The first-order valence-corrected chi connectivity index (χ1v) is 7.61. The van der Waals surface area contributed by atoms with Crippen LogP contribution < -0.4 is 5.32 Å². The minimum Gasteiger partial charge on any atom is -0.348 e. The molecule has 0 radical (unpaired) electrons. The van der Waals surface area contributed by atoms with E-state index < -0.39 is 0 Å². The molecule has 0 unspecified atom stereocenters. The Balaban J connectivity index is 1.58. The van der Waals surface area contributed by atoms with Crippen molar-refractivity contribution in [1.29, 1.82) is 0 Å². The summed E-state index contributed by atoms with van der Waals surface area (Å²) in [4.78, 5) is 12.2. The fraction of sp³-hybridized carbons (Fsp3) is 0.158. The van der Waals surface area contributed by atoms with Gasteiger partial charge in [0.05, 0.1) is 6.54 Å². The summed E-state index contributed by atoms with van der Waals surface area (Å²) in [5.41, 5.74) is 4.09. The molecule has 0 aliphatic heterocycles. The molecule has 0 saturated carbocycles. The maximum Gasteiger partial charge on any atom is 0.251 e. The second-order valence-corrected chi connectivity index (χ2v) is 5.57. The fourth-order valence-corrected chi connectivity index (χ4v) is 2.33. The molecule has 1 N–H and O–H groups in total. The number of amides is 1. The van der Waals surface area contributed by atoms with Crippen LogP contribution in [0.25, 0.3) is 0 Å². The third-order valence-corrected chi connectivity index (χ3v) is 3.69. The van der Waals surface area contributed by atoms with E-state index in [1.165, 1.54) is 5.56 Å². The van der Waals surface area contributed by atoms with Crippen LogP contribution in [-0.2, 0) is 13.1 Å². The molecule has 116 valence electrons. The number of rotatable bonds is 5. The van der Waals surface area contributed by atoms with Gasteiger partial charge in [-0.3, -0.25) is 9.48 Å². The second-order valence-electron chi connectivity index (χ2n) is 5.57. The van der Waals surface area contributed by atoms with E-state index in [1.54, 1.807) is 6.20 Å². The lowest BCUT2D eigenvalue weighted by atomic mass is 10.1. The van der Waals surface area contributed by atoms with Crippen LogP contribution in [0.3, 0.4) is 0 Å². The van der Waals surface area contributed by atoms with E-state index in [0.29, 0.717) is 18.7 Å². The quantitative estimate of drug-likeness (QED) is 0.787. The number of benzene rings is 2. The highest BCUT2D eigenvalue weighted by atomic mass is 16.1. The Morgan fingerprint density at radius 1 is 1.04 bits per heavy atom. The predicted octanol–water partition coefficient (Wildman–Crippen LogP) is 3.17. The molecule has 2 aromatic carbocycles. The summed E-state index contributed by atoms with van der Waals surface area (Å²) in [6, 6.07) is 17.7. The molecule has 1 aromatic heterocycles. The molecule has 0 saturated heterocycles. The summed E-state index contributed by atoms with van der Waals surface area (Å²) < 4.78 is 1.85. The summed E-state index contributed by atoms with van der Waals surface area (Å²) in [5.74, 6) is -0.0591. The summed E-state index contributed by atoms with van der Waals surface area (Å²) in [6.45, 7) is 3.29. The molecule has 0 bridgehead atoms. The van der Waals surface area contributed by atoms with Crippen molar-refractivity contribution >= 4 is 5.91 Å². The molecule has 1 heterocycles. The van der Waals surface area contributed by atoms with Gasteiger partial charge < -0.3 is 5.32 Å². The number of aromatic nitrogens is 2. The minimum atomic E-state index is -0.0591. The van der Waals surface area contributed by atoms with Crippen molar-refractivity contribution in [2.24, 2.45) is 0 Å². The van der Waals surface area contributed by atoms with E-state index in [9.17, 15) is 4.79 Å². The Morgan fingerprint density at radius 2 is 1.74 bits per heavy atom. The molecule has 0 spiro atoms. The normalized spacial score (nSPS) is 10.5. The molecule has 0 aliphatic carbocycles. The standard InChI is InChI=1S/C19H19N3O/c1-15-3-5-16(6-4-15)13-20-19(23)18-9-7-17(8-10-18)14-22-12-2-11-21-22/h2-12H,13-14H2,1H3,(H,20,23). The van der Waals surface area contributed by atoms with Gasteiger partial charge >= 0.3 is 0 Å². The first kappa shape index (κ1) is 15.0. The average Bonchev–Trinajstić information content (AvgIpc) is 3.08. The second kappa shape index (κ2) is 6.92. The molecule has 3 rings (SSSR count). The maximum absolute atomic E-state index is 12.2. The predicted molar refractivity (Wildman–Crippen MR) is 90.1 cm³/mol. The van der Waals surface area contributed by atoms with Crippen LogP contribution in [0.15, 0.2) is 67.0 Å². The van der Waals surface area contributed by atoms with E-state index in [2.05, 4.69) is 10.4 Å². The van der Waals surface area contributed by atoms with Crippen molar-refractivity contribution in [2.45, 2.75) is 20.0 Å². The number of nitrogens with zero attached hydrogens (tertiary/aromatic N) is 2. The molecular formula is C19H19N3O. The van der Waals surface area contributed by atoms with Crippen molar-refractivity contribution < 1.29 is 4.79 Å². The average molecular weight is 305 g/mol. The lowest BCUT2D eigenvalue weighted by Gasteiger charge is -2.07. The maximum atomic E-state index is 12.2. The minimum absolute atomic E-state index is 0.0591. The third kappa shape index (κ3) is 4.07. The van der Waals surface area contributed by atoms with Crippen molar-refractivity contribution in [3.05, 3.63) is 89.2 Å². The number of nitrogens with one attached hydrogen (secondary N) is 1. The summed E-state index contributed by atoms with van der Waals surface area (Å²) in [5, 5.41) is 7.12. The monoisotopic (exact) mass is 305 g/mol. The first-order valence-electron chi connectivity index (χ1n) is 7.61. The van der Waals surface area contributed by atoms with Gasteiger partial charge in [0.2, 0.25) is 0 Å². The van der Waals surface area contributed by atoms with Gasteiger partial charge in [-0.2, -0.15) is 5.10 Å². The van der Waals surface area contributed by atoms with Gasteiger partial charge in [0.15, 0.2) is 0 Å². The highest BCUT2D eigenvalue weighted by Crippen LogP contribution is 2.07. The van der Waals surface area contributed by atoms with Crippen molar-refractivity contribution in [3.8, 4) is 0 Å². The highest BCUT2D eigenvalue weighted by molar-refractivity contribution is 5.94. The number of carbonyl (C=O) groups excluding carboxylic acids is 1. The van der Waals surface area contributed by atoms with Crippen LogP contribution in [0.2, 0.25) is 0 Å². The molecule has 0 aliphatic rings. The molecule has 3 aromatic rings. The Morgan fingerprint density at radius 3 is 2.39 bits per heavy atom. The van der Waals surface area contributed by atoms with Crippen molar-refractivity contribution in [2.75, 3.05) is 0 Å². The number of carbonyl (C=O) groups is 1. The van der Waals surface area contributed by atoms with Crippen LogP contribution >= 0.6 is 0 Å². The zero-order valence-electron chi connectivity index (χ0n) is 13.1. The van der Waals surface area contributed by atoms with Gasteiger partial charge in [-0.05, 0) is 36.2 Å². The van der Waals surface area contributed by atoms with Crippen molar-refractivity contribution in [1.82, 2.24) is 15.1 Å². The first-order chi connectivity index (χ1) is 11.2. The van der Waals surface area contributed by atoms with E-state index >= 15 is 0 Å². The summed E-state index contributed by atoms with van der Waals surface area (Å²) in [7, 11) is 0. The van der Waals surface area contributed by atoms with Gasteiger partial charge in [-0.15, -0.1) is 0 Å². The largest absolute Gasteiger partial charge is 0.348 e. The smallest absolute Gasteiger partial charge is 0.251 e. The van der Waals surface area contributed by atoms with Gasteiger partial charge in [-0.1, -0.05) is 42.0 Å². The van der Waals surface area contributed by atoms with Crippen molar-refractivity contribution in [3.63, 3.8) is 0 Å². The topological polar surface area (TPSA) is 46.9 Å². The lowest BCUT2D eigenvalue weighted by Crippen LogP contribution is -2.22. The number of aryl methyl sites for hydroxylation is 1. The van der Waals surface area contributed by atoms with Gasteiger partial charge in [0.25, 0.3) is 5.91 Å². The molecule has 0 fully saturated rings. The molecule has 4 nitrogen and oxygen atoms in total. The van der Waals surface area contributed by atoms with Crippen LogP contribution in [-0.4, -0.2) is 15.7 Å². The van der Waals surface area contributed by atoms with E-state index in [-0.39, 0.29) is 5.91 Å². The van der Waals surface area contributed by atoms with Gasteiger partial charge in [0.1, 0.15) is 0 Å². The Labute approximate surface area is 135 Å². The Hall–Kier alpha value is -2.88. The van der Waals surface area contributed by atoms with Crippen LogP contribution in [0.1, 0.15) is 27.0 Å². The molecule has 1 amide bonds. The zero-order chi connectivity index (χ0) is 16.1. The van der Waals surface area contributed by atoms with Gasteiger partial charge in [-0.25, -0.2) is 0 Å². The SMILES string of the molecule is Cc1ccc(CNC(=O)c2ccc(Cn3cccn3)cc2)cc1. The number of hydrogen-bond acceptors (Lipinski definition) is 2. The van der Waals surface area contributed by atoms with E-state index in [0.717, 1.165) is 11.1 Å². The highest BCUT2D eigenvalue weighted by Gasteiger charge is 2.05. The van der Waals surface area contributed by atoms with E-state index in [4.69, 9.17) is 0 Å².